The molecule has 1 aromatic heterocycles. The summed E-state index contributed by atoms with van der Waals surface area (Å²) in [4.78, 5) is 14.2. The van der Waals surface area contributed by atoms with E-state index in [1.165, 1.54) is 12.8 Å². The molecule has 1 fully saturated rings. The molecule has 0 spiro atoms. The third-order valence-corrected chi connectivity index (χ3v) is 3.64. The van der Waals surface area contributed by atoms with E-state index in [4.69, 9.17) is 0 Å². The highest BCUT2D eigenvalue weighted by Gasteiger charge is 2.17. The van der Waals surface area contributed by atoms with E-state index >= 15 is 0 Å². The fourth-order valence-electron chi connectivity index (χ4n) is 2.41. The van der Waals surface area contributed by atoms with Gasteiger partial charge in [0.2, 0.25) is 5.91 Å². The van der Waals surface area contributed by atoms with Crippen LogP contribution < -0.4 is 5.32 Å². The summed E-state index contributed by atoms with van der Waals surface area (Å²) in [5.41, 5.74) is 0.916. The summed E-state index contributed by atoms with van der Waals surface area (Å²) in [6.45, 7) is 9.06. The molecule has 2 heterocycles. The minimum absolute atomic E-state index is 0.0473. The first-order chi connectivity index (χ1) is 9.94. The first kappa shape index (κ1) is 15.9. The SMILES string of the molecule is CC(C)(C)NCc1cn(CC(=O)N2CCCCCC2)nn1. The van der Waals surface area contributed by atoms with Gasteiger partial charge in [0.1, 0.15) is 6.54 Å². The quantitative estimate of drug-likeness (QED) is 0.915. The molecule has 118 valence electrons. The van der Waals surface area contributed by atoms with Crippen molar-refractivity contribution in [1.82, 2.24) is 25.2 Å². The van der Waals surface area contributed by atoms with E-state index in [-0.39, 0.29) is 11.4 Å². The number of aromatic nitrogens is 3. The second-order valence-corrected chi connectivity index (χ2v) is 6.81. The number of nitrogens with one attached hydrogen (secondary N) is 1. The number of carbonyl (C=O) groups is 1. The zero-order chi connectivity index (χ0) is 15.3. The van der Waals surface area contributed by atoms with Crippen LogP contribution in [0, 0.1) is 0 Å². The summed E-state index contributed by atoms with van der Waals surface area (Å²) < 4.78 is 1.65. The maximum absolute atomic E-state index is 12.3. The Bertz CT molecular complexity index is 455. The second kappa shape index (κ2) is 7.02. The highest BCUT2D eigenvalue weighted by atomic mass is 16.2. The van der Waals surface area contributed by atoms with Crippen LogP contribution in [-0.2, 0) is 17.9 Å². The molecule has 1 aliphatic rings. The molecule has 0 atom stereocenters. The fraction of sp³-hybridized carbons (Fsp3) is 0.800. The summed E-state index contributed by atoms with van der Waals surface area (Å²) in [7, 11) is 0. The predicted molar refractivity (Wildman–Crippen MR) is 81.7 cm³/mol. The van der Waals surface area contributed by atoms with Crippen molar-refractivity contribution < 1.29 is 4.79 Å². The van der Waals surface area contributed by atoms with Gasteiger partial charge in [-0.3, -0.25) is 4.79 Å². The van der Waals surface area contributed by atoms with Crippen LogP contribution in [0.5, 0.6) is 0 Å². The minimum Gasteiger partial charge on any atom is -0.341 e. The molecule has 0 aliphatic carbocycles. The third kappa shape index (κ3) is 5.46. The maximum Gasteiger partial charge on any atom is 0.244 e. The molecule has 0 saturated carbocycles. The van der Waals surface area contributed by atoms with Crippen molar-refractivity contribution in [2.24, 2.45) is 0 Å². The van der Waals surface area contributed by atoms with Gasteiger partial charge in [-0.15, -0.1) is 5.10 Å². The molecule has 21 heavy (non-hydrogen) atoms. The average Bonchev–Trinajstić information content (AvgIpc) is 2.68. The largest absolute Gasteiger partial charge is 0.341 e. The van der Waals surface area contributed by atoms with Gasteiger partial charge < -0.3 is 10.2 Å². The van der Waals surface area contributed by atoms with E-state index in [1.54, 1.807) is 4.68 Å². The first-order valence-electron chi connectivity index (χ1n) is 7.86. The van der Waals surface area contributed by atoms with E-state index in [1.807, 2.05) is 11.1 Å². The van der Waals surface area contributed by atoms with Crippen molar-refractivity contribution in [3.8, 4) is 0 Å². The molecule has 1 aromatic rings. The van der Waals surface area contributed by atoms with Gasteiger partial charge in [0.15, 0.2) is 0 Å². The standard InChI is InChI=1S/C15H27N5O/c1-15(2,3)16-10-13-11-20(18-17-13)12-14(21)19-8-6-4-5-7-9-19/h11,16H,4-10,12H2,1-3H3. The van der Waals surface area contributed by atoms with Crippen LogP contribution in [0.2, 0.25) is 0 Å². The highest BCUT2D eigenvalue weighted by molar-refractivity contribution is 5.75. The van der Waals surface area contributed by atoms with Crippen molar-refractivity contribution in [2.45, 2.75) is 65.1 Å². The lowest BCUT2D eigenvalue weighted by Crippen LogP contribution is -2.35. The Hall–Kier alpha value is -1.43. The molecule has 1 aliphatic heterocycles. The van der Waals surface area contributed by atoms with Crippen molar-refractivity contribution >= 4 is 5.91 Å². The van der Waals surface area contributed by atoms with Crippen LogP contribution in [0.15, 0.2) is 6.20 Å². The summed E-state index contributed by atoms with van der Waals surface area (Å²) in [5, 5.41) is 11.5. The highest BCUT2D eigenvalue weighted by Crippen LogP contribution is 2.10. The molecule has 0 unspecified atom stereocenters. The van der Waals surface area contributed by atoms with Crippen LogP contribution in [0.1, 0.15) is 52.1 Å². The zero-order valence-electron chi connectivity index (χ0n) is 13.4. The van der Waals surface area contributed by atoms with Gasteiger partial charge >= 0.3 is 0 Å². The minimum atomic E-state index is 0.0473. The zero-order valence-corrected chi connectivity index (χ0v) is 13.4. The van der Waals surface area contributed by atoms with Gasteiger partial charge in [0.05, 0.1) is 11.9 Å². The molecule has 1 saturated heterocycles. The molecule has 0 radical (unpaired) electrons. The first-order valence-corrected chi connectivity index (χ1v) is 7.86. The van der Waals surface area contributed by atoms with E-state index in [9.17, 15) is 4.79 Å². The van der Waals surface area contributed by atoms with Crippen molar-refractivity contribution in [2.75, 3.05) is 13.1 Å². The van der Waals surface area contributed by atoms with E-state index in [0.29, 0.717) is 13.1 Å². The van der Waals surface area contributed by atoms with E-state index in [2.05, 4.69) is 36.4 Å². The predicted octanol–water partition coefficient (Wildman–Crippen LogP) is 1.57. The van der Waals surface area contributed by atoms with Gasteiger partial charge in [-0.25, -0.2) is 4.68 Å². The van der Waals surface area contributed by atoms with Gasteiger partial charge in [-0.2, -0.15) is 0 Å². The van der Waals surface area contributed by atoms with Gasteiger partial charge in [-0.05, 0) is 33.6 Å². The smallest absolute Gasteiger partial charge is 0.244 e. The normalized spacial score (nSPS) is 16.8. The number of nitrogens with zero attached hydrogens (tertiary/aromatic N) is 4. The Kier molecular flexibility index (Phi) is 5.33. The molecular formula is C15H27N5O. The fourth-order valence-corrected chi connectivity index (χ4v) is 2.41. The van der Waals surface area contributed by atoms with E-state index in [0.717, 1.165) is 31.6 Å². The average molecular weight is 293 g/mol. The number of likely N-dealkylation sites (tertiary alicyclic amines) is 1. The van der Waals surface area contributed by atoms with Crippen molar-refractivity contribution in [3.63, 3.8) is 0 Å². The topological polar surface area (TPSA) is 63.1 Å². The molecule has 0 bridgehead atoms. The molecule has 1 amide bonds. The monoisotopic (exact) mass is 293 g/mol. The maximum atomic E-state index is 12.3. The summed E-state index contributed by atoms with van der Waals surface area (Å²) >= 11 is 0. The van der Waals surface area contributed by atoms with Gasteiger partial charge in [0.25, 0.3) is 0 Å². The molecular weight excluding hydrogens is 266 g/mol. The van der Waals surface area contributed by atoms with Gasteiger partial charge in [0, 0.05) is 25.2 Å². The van der Waals surface area contributed by atoms with Crippen molar-refractivity contribution in [1.29, 1.82) is 0 Å². The number of carbonyl (C=O) groups excluding carboxylic acids is 1. The summed E-state index contributed by atoms with van der Waals surface area (Å²) in [5.74, 6) is 0.150. The number of hydrogen-bond donors (Lipinski definition) is 1. The van der Waals surface area contributed by atoms with Crippen LogP contribution in [0.4, 0.5) is 0 Å². The lowest BCUT2D eigenvalue weighted by Gasteiger charge is -2.20. The molecule has 0 aromatic carbocycles. The lowest BCUT2D eigenvalue weighted by atomic mass is 10.1. The Morgan fingerprint density at radius 2 is 1.90 bits per heavy atom. The molecule has 6 heteroatoms. The Morgan fingerprint density at radius 1 is 1.24 bits per heavy atom. The number of hydrogen-bond acceptors (Lipinski definition) is 4. The Balaban J connectivity index is 1.85. The number of amides is 1. The molecule has 2 rings (SSSR count). The molecule has 6 nitrogen and oxygen atoms in total. The Morgan fingerprint density at radius 3 is 2.52 bits per heavy atom. The molecule has 1 N–H and O–H groups in total. The Labute approximate surface area is 126 Å². The van der Waals surface area contributed by atoms with Crippen LogP contribution >= 0.6 is 0 Å². The third-order valence-electron chi connectivity index (χ3n) is 3.64. The summed E-state index contributed by atoms with van der Waals surface area (Å²) in [6, 6.07) is 0. The van der Waals surface area contributed by atoms with E-state index < -0.39 is 0 Å². The summed E-state index contributed by atoms with van der Waals surface area (Å²) in [6.07, 6.45) is 6.55. The lowest BCUT2D eigenvalue weighted by molar-refractivity contribution is -0.132. The van der Waals surface area contributed by atoms with Crippen LogP contribution in [0.25, 0.3) is 0 Å². The number of rotatable bonds is 4. The van der Waals surface area contributed by atoms with Crippen molar-refractivity contribution in [3.05, 3.63) is 11.9 Å². The van der Waals surface area contributed by atoms with Crippen LogP contribution in [-0.4, -0.2) is 44.4 Å². The van der Waals surface area contributed by atoms with Crippen LogP contribution in [0.3, 0.4) is 0 Å². The second-order valence-electron chi connectivity index (χ2n) is 6.81. The van der Waals surface area contributed by atoms with Gasteiger partial charge in [-0.1, -0.05) is 18.1 Å².